The average molecular weight is 538 g/mol. The molecule has 1 amide bonds. The first kappa shape index (κ1) is 24.1. The van der Waals surface area contributed by atoms with E-state index < -0.39 is 52.8 Å². The van der Waals surface area contributed by atoms with E-state index in [9.17, 15) is 28.7 Å². The number of nitrogens with one attached hydrogen (secondary N) is 1. The highest BCUT2D eigenvalue weighted by atomic mass is 35.5. The predicted octanol–water partition coefficient (Wildman–Crippen LogP) is 4.05. The molecule has 6 rings (SSSR count). The predicted molar refractivity (Wildman–Crippen MR) is 129 cm³/mol. The number of aliphatic carboxylic acids is 1. The highest BCUT2D eigenvalue weighted by molar-refractivity contribution is 6.34. The summed E-state index contributed by atoms with van der Waals surface area (Å²) in [5.74, 6) is -7.75. The second-order valence-electron chi connectivity index (χ2n) is 9.05. The minimum atomic E-state index is -2.52. The Morgan fingerprint density at radius 1 is 0.974 bits per heavy atom. The maximum absolute atomic E-state index is 14.5. The Bertz CT molecular complexity index is 1520. The number of carboxylic acids is 1. The molecule has 38 heavy (non-hydrogen) atoms. The number of ketones is 2. The number of rotatable bonds is 4. The van der Waals surface area contributed by atoms with Crippen molar-refractivity contribution in [2.24, 2.45) is 11.8 Å². The topological polar surface area (TPSA) is 128 Å². The summed E-state index contributed by atoms with van der Waals surface area (Å²) in [6.45, 7) is 0.00178. The third kappa shape index (κ3) is 3.41. The van der Waals surface area contributed by atoms with Gasteiger partial charge in [-0.25, -0.2) is 4.39 Å². The van der Waals surface area contributed by atoms with E-state index >= 15 is 0 Å². The number of halogens is 2. The maximum atomic E-state index is 14.5. The van der Waals surface area contributed by atoms with Crippen LogP contribution in [0.4, 0.5) is 10.1 Å². The number of anilines is 1. The van der Waals surface area contributed by atoms with E-state index in [1.165, 1.54) is 48.5 Å². The number of Topliss-reactive ketones (excluding diaryl/α,β-unsaturated/α-hetero) is 2. The number of carbonyl (C=O) groups excluding carboxylic acids is 3. The van der Waals surface area contributed by atoms with Crippen LogP contribution in [0.25, 0.3) is 0 Å². The van der Waals surface area contributed by atoms with Gasteiger partial charge in [-0.2, -0.15) is 0 Å². The fraction of sp³-hybridized carbons (Fsp3) is 0.185. The highest BCUT2D eigenvalue weighted by Crippen LogP contribution is 2.54. The Balaban J connectivity index is 1.47. The lowest BCUT2D eigenvalue weighted by molar-refractivity contribution is -0.147. The van der Waals surface area contributed by atoms with E-state index in [0.29, 0.717) is 11.5 Å². The molecule has 2 N–H and O–H groups in total. The fourth-order valence-electron chi connectivity index (χ4n) is 5.33. The number of fused-ring (bicyclic) bond motifs is 2. The number of hydrogen-bond donors (Lipinski definition) is 2. The summed E-state index contributed by atoms with van der Waals surface area (Å²) in [4.78, 5) is 53.7. The van der Waals surface area contributed by atoms with Gasteiger partial charge in [-0.1, -0.05) is 41.9 Å². The van der Waals surface area contributed by atoms with Crippen molar-refractivity contribution >= 4 is 40.7 Å². The standard InChI is InChI=1S/C27H17ClFNO8/c28-16-7-5-12(9-17(16)29)22-20(25(33)30-13-6-8-18-19(10-13)37-11-36-18)21(26(34)35)27(38-22)23(31)14-3-1-2-4-15(14)24(27)32/h1-10,20-22H,11H2,(H,30,33)(H,34,35). The number of hydrogen-bond acceptors (Lipinski definition) is 7. The first-order valence-electron chi connectivity index (χ1n) is 11.5. The average Bonchev–Trinajstić information content (AvgIpc) is 3.57. The molecule has 9 nitrogen and oxygen atoms in total. The van der Waals surface area contributed by atoms with Crippen LogP contribution in [0, 0.1) is 17.7 Å². The Labute approximate surface area is 219 Å². The van der Waals surface area contributed by atoms with Crippen molar-refractivity contribution in [3.05, 3.63) is 88.2 Å². The molecular weight excluding hydrogens is 521 g/mol. The largest absolute Gasteiger partial charge is 0.481 e. The lowest BCUT2D eigenvalue weighted by atomic mass is 9.75. The van der Waals surface area contributed by atoms with E-state index in [1.54, 1.807) is 6.07 Å². The van der Waals surface area contributed by atoms with Crippen LogP contribution in [0.15, 0.2) is 60.7 Å². The van der Waals surface area contributed by atoms with Crippen molar-refractivity contribution < 1.29 is 42.9 Å². The molecule has 3 aromatic carbocycles. The smallest absolute Gasteiger partial charge is 0.311 e. The molecule has 3 aromatic rings. The summed E-state index contributed by atoms with van der Waals surface area (Å²) in [5.41, 5.74) is -2.26. The molecule has 3 aliphatic rings. The van der Waals surface area contributed by atoms with Gasteiger partial charge in [0.1, 0.15) is 11.7 Å². The van der Waals surface area contributed by atoms with Gasteiger partial charge >= 0.3 is 5.97 Å². The molecule has 3 unspecified atom stereocenters. The number of benzene rings is 3. The number of amides is 1. The van der Waals surface area contributed by atoms with Crippen LogP contribution in [-0.4, -0.2) is 40.9 Å². The fourth-order valence-corrected chi connectivity index (χ4v) is 5.44. The minimum absolute atomic E-state index is 0.00178. The first-order valence-corrected chi connectivity index (χ1v) is 11.8. The Kier molecular flexibility index (Phi) is 5.48. The lowest BCUT2D eigenvalue weighted by Gasteiger charge is -2.25. The van der Waals surface area contributed by atoms with Crippen LogP contribution < -0.4 is 14.8 Å². The van der Waals surface area contributed by atoms with Gasteiger partial charge in [-0.3, -0.25) is 19.2 Å². The van der Waals surface area contributed by atoms with Gasteiger partial charge in [0.2, 0.25) is 29.9 Å². The monoisotopic (exact) mass is 537 g/mol. The van der Waals surface area contributed by atoms with Crippen LogP contribution in [0.1, 0.15) is 32.4 Å². The van der Waals surface area contributed by atoms with Gasteiger partial charge in [0, 0.05) is 22.9 Å². The van der Waals surface area contributed by atoms with Crippen molar-refractivity contribution in [2.75, 3.05) is 12.1 Å². The summed E-state index contributed by atoms with van der Waals surface area (Å²) in [6.07, 6.45) is -1.47. The lowest BCUT2D eigenvalue weighted by Crippen LogP contribution is -2.52. The molecule has 2 heterocycles. The summed E-state index contributed by atoms with van der Waals surface area (Å²) >= 11 is 5.83. The van der Waals surface area contributed by atoms with E-state index in [4.69, 9.17) is 25.8 Å². The number of carboxylic acid groups (broad SMARTS) is 1. The first-order chi connectivity index (χ1) is 18.2. The van der Waals surface area contributed by atoms with E-state index in [-0.39, 0.29) is 34.2 Å². The molecule has 0 radical (unpaired) electrons. The Hall–Kier alpha value is -4.28. The van der Waals surface area contributed by atoms with Crippen LogP contribution in [0.5, 0.6) is 11.5 Å². The summed E-state index contributed by atoms with van der Waals surface area (Å²) < 4.78 is 31.1. The van der Waals surface area contributed by atoms with Crippen molar-refractivity contribution in [3.63, 3.8) is 0 Å². The molecule has 192 valence electrons. The Morgan fingerprint density at radius 3 is 2.32 bits per heavy atom. The molecule has 2 aliphatic heterocycles. The minimum Gasteiger partial charge on any atom is -0.481 e. The van der Waals surface area contributed by atoms with Crippen molar-refractivity contribution in [3.8, 4) is 11.5 Å². The number of ether oxygens (including phenoxy) is 3. The summed E-state index contributed by atoms with van der Waals surface area (Å²) in [5, 5.41) is 12.7. The molecule has 1 saturated heterocycles. The zero-order valence-electron chi connectivity index (χ0n) is 19.3. The molecule has 1 fully saturated rings. The van der Waals surface area contributed by atoms with Crippen molar-refractivity contribution in [1.82, 2.24) is 0 Å². The quantitative estimate of drug-likeness (QED) is 0.477. The van der Waals surface area contributed by atoms with Gasteiger partial charge in [0.05, 0.1) is 17.0 Å². The SMILES string of the molecule is O=C(Nc1ccc2c(c1)OCO2)C1C(c2ccc(Cl)c(F)c2)OC2(C(=O)c3ccccc3C2=O)C1C(=O)O. The van der Waals surface area contributed by atoms with Gasteiger partial charge in [0.25, 0.3) is 0 Å². The zero-order valence-corrected chi connectivity index (χ0v) is 20.0. The maximum Gasteiger partial charge on any atom is 0.311 e. The molecule has 0 bridgehead atoms. The van der Waals surface area contributed by atoms with Gasteiger partial charge in [-0.15, -0.1) is 0 Å². The molecule has 1 spiro atoms. The van der Waals surface area contributed by atoms with Crippen LogP contribution in [0.3, 0.4) is 0 Å². The van der Waals surface area contributed by atoms with Crippen LogP contribution in [-0.2, 0) is 14.3 Å². The van der Waals surface area contributed by atoms with Crippen LogP contribution in [0.2, 0.25) is 5.02 Å². The molecule has 0 aromatic heterocycles. The molecule has 11 heteroatoms. The zero-order chi connectivity index (χ0) is 26.8. The van der Waals surface area contributed by atoms with Crippen molar-refractivity contribution in [2.45, 2.75) is 11.7 Å². The third-order valence-electron chi connectivity index (χ3n) is 7.01. The van der Waals surface area contributed by atoms with Gasteiger partial charge < -0.3 is 24.6 Å². The summed E-state index contributed by atoms with van der Waals surface area (Å²) in [6, 6.07) is 14.0. The summed E-state index contributed by atoms with van der Waals surface area (Å²) in [7, 11) is 0. The third-order valence-corrected chi connectivity index (χ3v) is 7.31. The van der Waals surface area contributed by atoms with Crippen LogP contribution >= 0.6 is 11.6 Å². The molecular formula is C27H17ClFNO8. The van der Waals surface area contributed by atoms with E-state index in [0.717, 1.165) is 6.07 Å². The molecule has 3 atom stereocenters. The molecule has 1 aliphatic carbocycles. The van der Waals surface area contributed by atoms with Gasteiger partial charge in [-0.05, 0) is 29.8 Å². The highest BCUT2D eigenvalue weighted by Gasteiger charge is 2.71. The molecule has 0 saturated carbocycles. The second-order valence-corrected chi connectivity index (χ2v) is 9.46. The van der Waals surface area contributed by atoms with Gasteiger partial charge in [0.15, 0.2) is 11.5 Å². The normalized spacial score (nSPS) is 22.5. The number of carbonyl (C=O) groups is 4. The second kappa shape index (κ2) is 8.64. The van der Waals surface area contributed by atoms with E-state index in [2.05, 4.69) is 5.32 Å². The van der Waals surface area contributed by atoms with Crippen molar-refractivity contribution in [1.29, 1.82) is 0 Å². The Morgan fingerprint density at radius 2 is 1.66 bits per heavy atom. The van der Waals surface area contributed by atoms with E-state index in [1.807, 2.05) is 0 Å².